The molecule has 0 unspecified atom stereocenters. The second-order valence-electron chi connectivity index (χ2n) is 2.56. The van der Waals surface area contributed by atoms with Crippen molar-refractivity contribution >= 4 is 0 Å². The van der Waals surface area contributed by atoms with Gasteiger partial charge in [-0.2, -0.15) is 0 Å². The highest BCUT2D eigenvalue weighted by atomic mass is 19.1. The van der Waals surface area contributed by atoms with Crippen LogP contribution in [0.4, 0.5) is 4.39 Å². The van der Waals surface area contributed by atoms with E-state index >= 15 is 0 Å². The topological polar surface area (TPSA) is 12.5 Å². The molecule has 0 radical (unpaired) electrons. The van der Waals surface area contributed by atoms with Crippen LogP contribution in [-0.2, 0) is 4.74 Å². The van der Waals surface area contributed by atoms with Crippen LogP contribution >= 0.6 is 0 Å². The van der Waals surface area contributed by atoms with E-state index in [9.17, 15) is 4.39 Å². The Morgan fingerprint density at radius 3 is 2.10 bits per heavy atom. The number of likely N-dealkylation sites (tertiary alicyclic amines) is 1. The molecule has 3 heteroatoms. The molecule has 0 aromatic heterocycles. The van der Waals surface area contributed by atoms with E-state index in [1.54, 1.807) is 14.2 Å². The van der Waals surface area contributed by atoms with E-state index < -0.39 is 6.17 Å². The van der Waals surface area contributed by atoms with Gasteiger partial charge in [0.1, 0.15) is 6.17 Å². The lowest BCUT2D eigenvalue weighted by molar-refractivity contribution is 0.277. The van der Waals surface area contributed by atoms with Gasteiger partial charge in [0.15, 0.2) is 0 Å². The normalized spacial score (nSPS) is 25.8. The van der Waals surface area contributed by atoms with Crippen molar-refractivity contribution in [3.05, 3.63) is 0 Å². The molecule has 0 N–H and O–H groups in total. The molecule has 1 aliphatic heterocycles. The van der Waals surface area contributed by atoms with Gasteiger partial charge in [0.2, 0.25) is 0 Å². The number of methoxy groups -OCH3 is 1. The number of alkyl halides is 1. The van der Waals surface area contributed by atoms with Crippen LogP contribution in [0.3, 0.4) is 0 Å². The molecule has 0 bridgehead atoms. The Hall–Kier alpha value is -0.150. The molecule has 1 saturated heterocycles. The molecular formula is C7H16FNO. The summed E-state index contributed by atoms with van der Waals surface area (Å²) in [6.07, 6.45) is 0.182. The minimum absolute atomic E-state index is 0.551. The van der Waals surface area contributed by atoms with Gasteiger partial charge in [-0.1, -0.05) is 0 Å². The van der Waals surface area contributed by atoms with Crippen molar-refractivity contribution < 1.29 is 9.13 Å². The number of nitrogens with zero attached hydrogens (tertiary/aromatic N) is 1. The van der Waals surface area contributed by atoms with Gasteiger partial charge in [-0.3, -0.25) is 0 Å². The van der Waals surface area contributed by atoms with Crippen LogP contribution in [0, 0.1) is 0 Å². The van der Waals surface area contributed by atoms with Gasteiger partial charge in [0, 0.05) is 27.3 Å². The Labute approximate surface area is 62.0 Å². The fourth-order valence-corrected chi connectivity index (χ4v) is 0.881. The summed E-state index contributed by atoms with van der Waals surface area (Å²) >= 11 is 0. The summed E-state index contributed by atoms with van der Waals surface area (Å²) in [4.78, 5) is 2.00. The Bertz CT molecular complexity index is 72.0. The Morgan fingerprint density at radius 2 is 2.00 bits per heavy atom. The summed E-state index contributed by atoms with van der Waals surface area (Å²) in [5, 5.41) is 0. The Morgan fingerprint density at radius 1 is 1.50 bits per heavy atom. The number of ether oxygens (including phenoxy) is 1. The maximum absolute atomic E-state index is 12.1. The van der Waals surface area contributed by atoms with E-state index in [4.69, 9.17) is 0 Å². The van der Waals surface area contributed by atoms with Crippen LogP contribution in [-0.4, -0.2) is 45.4 Å². The molecule has 10 heavy (non-hydrogen) atoms. The van der Waals surface area contributed by atoms with Crippen molar-refractivity contribution in [2.24, 2.45) is 0 Å². The monoisotopic (exact) mass is 149 g/mol. The number of hydrogen-bond acceptors (Lipinski definition) is 2. The summed E-state index contributed by atoms with van der Waals surface area (Å²) in [7, 11) is 5.19. The molecule has 1 fully saturated rings. The fourth-order valence-electron chi connectivity index (χ4n) is 0.881. The zero-order chi connectivity index (χ0) is 7.98. The molecule has 0 amide bonds. The molecule has 0 aromatic carbocycles. The van der Waals surface area contributed by atoms with E-state index in [1.807, 2.05) is 11.9 Å². The predicted octanol–water partition coefficient (Wildman–Crippen LogP) is 0.923. The molecule has 0 spiro atoms. The van der Waals surface area contributed by atoms with Crippen molar-refractivity contribution in [1.82, 2.24) is 4.90 Å². The highest BCUT2D eigenvalue weighted by Crippen LogP contribution is 2.08. The van der Waals surface area contributed by atoms with Gasteiger partial charge in [0.25, 0.3) is 0 Å². The zero-order valence-corrected chi connectivity index (χ0v) is 6.93. The lowest BCUT2D eigenvalue weighted by Crippen LogP contribution is -2.13. The van der Waals surface area contributed by atoms with Crippen molar-refractivity contribution in [3.8, 4) is 0 Å². The molecule has 0 aliphatic carbocycles. The minimum atomic E-state index is -0.551. The van der Waals surface area contributed by atoms with Crippen LogP contribution in [0.15, 0.2) is 0 Å². The lowest BCUT2D eigenvalue weighted by atomic mass is 10.4. The Kier molecular flexibility index (Phi) is 5.54. The second kappa shape index (κ2) is 5.62. The third kappa shape index (κ3) is 4.70. The van der Waals surface area contributed by atoms with Crippen molar-refractivity contribution in [2.45, 2.75) is 12.6 Å². The van der Waals surface area contributed by atoms with Gasteiger partial charge in [0.05, 0.1) is 0 Å². The number of halogens is 1. The van der Waals surface area contributed by atoms with Gasteiger partial charge >= 0.3 is 0 Å². The quantitative estimate of drug-likeness (QED) is 0.508. The highest BCUT2D eigenvalue weighted by Gasteiger charge is 2.17. The average molecular weight is 149 g/mol. The summed E-state index contributed by atoms with van der Waals surface area (Å²) in [5.41, 5.74) is 0. The summed E-state index contributed by atoms with van der Waals surface area (Å²) < 4.78 is 16.4. The first kappa shape index (κ1) is 9.85. The van der Waals surface area contributed by atoms with E-state index in [0.717, 1.165) is 13.0 Å². The van der Waals surface area contributed by atoms with Gasteiger partial charge in [-0.25, -0.2) is 4.39 Å². The molecule has 1 atom stereocenters. The first-order valence-corrected chi connectivity index (χ1v) is 3.43. The largest absolute Gasteiger partial charge is 0.388 e. The smallest absolute Gasteiger partial charge is 0.114 e. The third-order valence-electron chi connectivity index (χ3n) is 1.33. The van der Waals surface area contributed by atoms with E-state index in [-0.39, 0.29) is 0 Å². The molecule has 62 valence electrons. The van der Waals surface area contributed by atoms with Crippen molar-refractivity contribution in [1.29, 1.82) is 0 Å². The molecule has 0 saturated carbocycles. The number of hydrogen-bond donors (Lipinski definition) is 0. The fraction of sp³-hybridized carbons (Fsp3) is 1.00. The molecular weight excluding hydrogens is 133 g/mol. The molecule has 1 rings (SSSR count). The standard InChI is InChI=1S/C5H10FN.C2H6O/c1-7-3-2-5(6)4-7;1-3-2/h5H,2-4H2,1H3;1-2H3/t5-;/m0./s1. The minimum Gasteiger partial charge on any atom is -0.388 e. The van der Waals surface area contributed by atoms with Crippen LogP contribution in [0.25, 0.3) is 0 Å². The van der Waals surface area contributed by atoms with Gasteiger partial charge in [-0.15, -0.1) is 0 Å². The predicted molar refractivity (Wildman–Crippen MR) is 39.9 cm³/mol. The van der Waals surface area contributed by atoms with Crippen LogP contribution in [0.2, 0.25) is 0 Å². The molecule has 1 aliphatic rings. The van der Waals surface area contributed by atoms with Crippen molar-refractivity contribution in [2.75, 3.05) is 34.4 Å². The van der Waals surface area contributed by atoms with Crippen LogP contribution in [0.1, 0.15) is 6.42 Å². The van der Waals surface area contributed by atoms with E-state index in [2.05, 4.69) is 4.74 Å². The summed E-state index contributed by atoms with van der Waals surface area (Å²) in [5.74, 6) is 0. The lowest BCUT2D eigenvalue weighted by Gasteiger charge is -2.01. The second-order valence-corrected chi connectivity index (χ2v) is 2.56. The maximum Gasteiger partial charge on any atom is 0.114 e. The van der Waals surface area contributed by atoms with E-state index in [0.29, 0.717) is 6.54 Å². The van der Waals surface area contributed by atoms with Gasteiger partial charge in [-0.05, 0) is 13.5 Å². The number of rotatable bonds is 0. The van der Waals surface area contributed by atoms with Gasteiger partial charge < -0.3 is 9.64 Å². The summed E-state index contributed by atoms with van der Waals surface area (Å²) in [6.45, 7) is 1.57. The van der Waals surface area contributed by atoms with Crippen molar-refractivity contribution in [3.63, 3.8) is 0 Å². The molecule has 0 aromatic rings. The Balaban J connectivity index is 0.000000236. The first-order chi connectivity index (χ1) is 4.70. The highest BCUT2D eigenvalue weighted by molar-refractivity contribution is 4.70. The van der Waals surface area contributed by atoms with Crippen LogP contribution < -0.4 is 0 Å². The third-order valence-corrected chi connectivity index (χ3v) is 1.33. The summed E-state index contributed by atoms with van der Waals surface area (Å²) in [6, 6.07) is 0. The van der Waals surface area contributed by atoms with Crippen LogP contribution in [0.5, 0.6) is 0 Å². The zero-order valence-electron chi connectivity index (χ0n) is 6.93. The maximum atomic E-state index is 12.1. The average Bonchev–Trinajstić information content (AvgIpc) is 2.17. The first-order valence-electron chi connectivity index (χ1n) is 3.43. The van der Waals surface area contributed by atoms with E-state index in [1.165, 1.54) is 0 Å². The molecule has 1 heterocycles. The SMILES string of the molecule is CN1CC[C@H](F)C1.COC. The molecule has 2 nitrogen and oxygen atoms in total.